The lowest BCUT2D eigenvalue weighted by Crippen LogP contribution is -2.17. The molecule has 1 aromatic carbocycles. The standard InChI is InChI=1S/C15H12Br2ClN3O2/c1-2-11-13(21-4-3-20(18)7-12(21)19-11)14(22)8-5-9(16)15(23)10(17)6-8/h3-6,23H,2,7H2,1H3. The Morgan fingerprint density at radius 2 is 2.00 bits per heavy atom. The van der Waals surface area contributed by atoms with Crippen molar-refractivity contribution >= 4 is 55.6 Å². The predicted molar refractivity (Wildman–Crippen MR) is 95.3 cm³/mol. The Labute approximate surface area is 154 Å². The molecular formula is C15H12Br2ClN3O2. The normalized spacial score (nSPS) is 13.3. The summed E-state index contributed by atoms with van der Waals surface area (Å²) in [7, 11) is 0. The number of fused-ring (bicyclic) bond motifs is 1. The number of rotatable bonds is 3. The molecule has 0 bridgehead atoms. The van der Waals surface area contributed by atoms with Crippen LogP contribution < -0.4 is 0 Å². The third-order valence-corrected chi connectivity index (χ3v) is 5.00. The van der Waals surface area contributed by atoms with E-state index in [0.29, 0.717) is 33.2 Å². The molecule has 3 rings (SSSR count). The van der Waals surface area contributed by atoms with Gasteiger partial charge in [0.05, 0.1) is 21.2 Å². The van der Waals surface area contributed by atoms with E-state index >= 15 is 0 Å². The van der Waals surface area contributed by atoms with E-state index in [1.807, 2.05) is 6.92 Å². The molecule has 2 heterocycles. The van der Waals surface area contributed by atoms with Crippen molar-refractivity contribution in [1.82, 2.24) is 14.0 Å². The lowest BCUT2D eigenvalue weighted by Gasteiger charge is -2.17. The minimum Gasteiger partial charge on any atom is -0.506 e. The van der Waals surface area contributed by atoms with Gasteiger partial charge >= 0.3 is 0 Å². The second kappa shape index (κ2) is 6.30. The molecule has 1 aliphatic heterocycles. The molecule has 1 aliphatic rings. The van der Waals surface area contributed by atoms with Crippen molar-refractivity contribution in [3.63, 3.8) is 0 Å². The zero-order chi connectivity index (χ0) is 16.7. The van der Waals surface area contributed by atoms with Crippen molar-refractivity contribution < 1.29 is 9.90 Å². The van der Waals surface area contributed by atoms with Gasteiger partial charge in [-0.05, 0) is 50.4 Å². The smallest absolute Gasteiger partial charge is 0.211 e. The van der Waals surface area contributed by atoms with Gasteiger partial charge in [0.25, 0.3) is 0 Å². The quantitative estimate of drug-likeness (QED) is 0.547. The van der Waals surface area contributed by atoms with E-state index in [0.717, 1.165) is 11.5 Å². The van der Waals surface area contributed by atoms with Crippen LogP contribution in [0.1, 0.15) is 34.5 Å². The van der Waals surface area contributed by atoms with Gasteiger partial charge in [0.15, 0.2) is 0 Å². The van der Waals surface area contributed by atoms with Crippen LogP contribution in [0.25, 0.3) is 6.20 Å². The first kappa shape index (κ1) is 16.5. The number of hydrogen-bond acceptors (Lipinski definition) is 4. The molecule has 0 atom stereocenters. The predicted octanol–water partition coefficient (Wildman–Crippen LogP) is 4.30. The van der Waals surface area contributed by atoms with Gasteiger partial charge in [-0.25, -0.2) is 4.98 Å². The number of benzene rings is 1. The number of ketones is 1. The maximum Gasteiger partial charge on any atom is 0.211 e. The maximum absolute atomic E-state index is 13.0. The van der Waals surface area contributed by atoms with Crippen molar-refractivity contribution in [2.24, 2.45) is 0 Å². The summed E-state index contributed by atoms with van der Waals surface area (Å²) in [6, 6.07) is 3.20. The molecule has 8 heteroatoms. The highest BCUT2D eigenvalue weighted by Gasteiger charge is 2.25. The van der Waals surface area contributed by atoms with Crippen molar-refractivity contribution in [2.45, 2.75) is 19.9 Å². The fourth-order valence-corrected chi connectivity index (χ4v) is 3.79. The fraction of sp³-hybridized carbons (Fsp3) is 0.200. The van der Waals surface area contributed by atoms with Crippen molar-refractivity contribution in [3.8, 4) is 5.75 Å². The summed E-state index contributed by atoms with van der Waals surface area (Å²) in [4.78, 5) is 17.5. The molecule has 0 fully saturated rings. The zero-order valence-corrected chi connectivity index (χ0v) is 16.0. The second-order valence-corrected chi connectivity index (χ2v) is 7.16. The van der Waals surface area contributed by atoms with E-state index in [4.69, 9.17) is 11.8 Å². The summed E-state index contributed by atoms with van der Waals surface area (Å²) in [5.41, 5.74) is 1.70. The maximum atomic E-state index is 13.0. The Morgan fingerprint density at radius 1 is 1.35 bits per heavy atom. The summed E-state index contributed by atoms with van der Waals surface area (Å²) in [5.74, 6) is 0.625. The third kappa shape index (κ3) is 2.93. The van der Waals surface area contributed by atoms with Crippen LogP contribution in [-0.4, -0.2) is 24.9 Å². The van der Waals surface area contributed by atoms with Crippen LogP contribution in [0.3, 0.4) is 0 Å². The Hall–Kier alpha value is -1.31. The zero-order valence-electron chi connectivity index (χ0n) is 12.1. The monoisotopic (exact) mass is 459 g/mol. The summed E-state index contributed by atoms with van der Waals surface area (Å²) >= 11 is 12.5. The molecule has 0 amide bonds. The summed E-state index contributed by atoms with van der Waals surface area (Å²) in [6.07, 6.45) is 4.06. The molecule has 0 saturated carbocycles. The van der Waals surface area contributed by atoms with Crippen LogP contribution in [0.2, 0.25) is 0 Å². The van der Waals surface area contributed by atoms with Crippen molar-refractivity contribution in [1.29, 1.82) is 0 Å². The number of aromatic nitrogens is 2. The number of carbonyl (C=O) groups is 1. The first-order valence-electron chi connectivity index (χ1n) is 6.85. The molecule has 1 N–H and O–H groups in total. The first-order valence-corrected chi connectivity index (χ1v) is 8.78. The van der Waals surface area contributed by atoms with Gasteiger partial charge in [-0.3, -0.25) is 13.8 Å². The van der Waals surface area contributed by atoms with Gasteiger partial charge in [0.2, 0.25) is 5.78 Å². The third-order valence-electron chi connectivity index (χ3n) is 3.56. The summed E-state index contributed by atoms with van der Waals surface area (Å²) < 4.78 is 4.17. The van der Waals surface area contributed by atoms with Crippen LogP contribution in [0.4, 0.5) is 0 Å². The van der Waals surface area contributed by atoms with Gasteiger partial charge in [0, 0.05) is 29.7 Å². The van der Waals surface area contributed by atoms with Gasteiger partial charge in [-0.1, -0.05) is 6.92 Å². The number of halogens is 3. The number of nitrogens with zero attached hydrogens (tertiary/aromatic N) is 3. The molecule has 120 valence electrons. The van der Waals surface area contributed by atoms with E-state index in [9.17, 15) is 9.90 Å². The van der Waals surface area contributed by atoms with Gasteiger partial charge in [-0.15, -0.1) is 0 Å². The molecule has 0 unspecified atom stereocenters. The van der Waals surface area contributed by atoms with E-state index in [1.165, 1.54) is 4.42 Å². The number of phenolic OH excluding ortho intramolecular Hbond substituents is 1. The molecule has 23 heavy (non-hydrogen) atoms. The lowest BCUT2D eigenvalue weighted by molar-refractivity contribution is 0.103. The minimum atomic E-state index is -0.158. The Balaban J connectivity index is 2.13. The number of aryl methyl sites for hydroxylation is 1. The molecule has 2 aromatic rings. The van der Waals surface area contributed by atoms with E-state index in [-0.39, 0.29) is 11.5 Å². The van der Waals surface area contributed by atoms with Gasteiger partial charge in [0.1, 0.15) is 17.3 Å². The molecule has 0 radical (unpaired) electrons. The molecule has 5 nitrogen and oxygen atoms in total. The molecule has 0 saturated heterocycles. The highest BCUT2D eigenvalue weighted by molar-refractivity contribution is 9.11. The highest BCUT2D eigenvalue weighted by Crippen LogP contribution is 2.34. The Morgan fingerprint density at radius 3 is 2.61 bits per heavy atom. The van der Waals surface area contributed by atoms with E-state index in [1.54, 1.807) is 29.1 Å². The number of carbonyl (C=O) groups excluding carboxylic acids is 1. The van der Waals surface area contributed by atoms with Crippen molar-refractivity contribution in [2.75, 3.05) is 0 Å². The largest absolute Gasteiger partial charge is 0.506 e. The molecule has 1 aromatic heterocycles. The molecule has 0 spiro atoms. The van der Waals surface area contributed by atoms with Crippen LogP contribution in [0.5, 0.6) is 5.75 Å². The van der Waals surface area contributed by atoms with Gasteiger partial charge < -0.3 is 5.11 Å². The van der Waals surface area contributed by atoms with E-state index < -0.39 is 0 Å². The second-order valence-electron chi connectivity index (χ2n) is 5.02. The summed E-state index contributed by atoms with van der Waals surface area (Å²) in [6.45, 7) is 2.39. The van der Waals surface area contributed by atoms with Crippen LogP contribution in [-0.2, 0) is 13.0 Å². The van der Waals surface area contributed by atoms with Crippen molar-refractivity contribution in [3.05, 3.63) is 50.1 Å². The molecule has 0 aliphatic carbocycles. The number of imidazole rings is 1. The fourth-order valence-electron chi connectivity index (χ4n) is 2.45. The molecular weight excluding hydrogens is 449 g/mol. The average molecular weight is 462 g/mol. The SMILES string of the molecule is CCc1nc2n(c1C(=O)c1cc(Br)c(O)c(Br)c1)C=CN(Cl)C2. The number of aromatic hydroxyl groups is 1. The Bertz CT molecular complexity index is 809. The van der Waals surface area contributed by atoms with Crippen LogP contribution in [0, 0.1) is 0 Å². The number of phenols is 1. The number of hydrogen-bond donors (Lipinski definition) is 1. The van der Waals surface area contributed by atoms with E-state index in [2.05, 4.69) is 36.8 Å². The minimum absolute atomic E-state index is 0.0604. The lowest BCUT2D eigenvalue weighted by atomic mass is 10.1. The summed E-state index contributed by atoms with van der Waals surface area (Å²) in [5, 5.41) is 9.81. The highest BCUT2D eigenvalue weighted by atomic mass is 79.9. The topological polar surface area (TPSA) is 58.4 Å². The first-order chi connectivity index (χ1) is 10.9. The average Bonchev–Trinajstić information content (AvgIpc) is 2.88. The van der Waals surface area contributed by atoms with Crippen LogP contribution >= 0.6 is 43.6 Å². The van der Waals surface area contributed by atoms with Gasteiger partial charge in [-0.2, -0.15) is 0 Å². The Kier molecular flexibility index (Phi) is 4.53. The van der Waals surface area contributed by atoms with Crippen LogP contribution in [0.15, 0.2) is 27.3 Å².